The summed E-state index contributed by atoms with van der Waals surface area (Å²) < 4.78 is 0. The van der Waals surface area contributed by atoms with Crippen molar-refractivity contribution >= 4 is 0 Å². The van der Waals surface area contributed by atoms with Gasteiger partial charge in [-0.3, -0.25) is 29.4 Å². The maximum Gasteiger partial charge on any atom is 0.0946 e. The third-order valence-corrected chi connectivity index (χ3v) is 9.42. The fourth-order valence-corrected chi connectivity index (χ4v) is 7.82. The predicted octanol–water partition coefficient (Wildman–Crippen LogP) is 2.78. The lowest BCUT2D eigenvalue weighted by Crippen LogP contribution is -2.84. The first-order chi connectivity index (χ1) is 14.7. The Labute approximate surface area is 184 Å². The highest BCUT2D eigenvalue weighted by Gasteiger charge is 2.55. The Balaban J connectivity index is 1.23. The van der Waals surface area contributed by atoms with Crippen molar-refractivity contribution in [2.75, 3.05) is 39.8 Å². The molecule has 4 heterocycles. The van der Waals surface area contributed by atoms with Gasteiger partial charge in [0.15, 0.2) is 0 Å². The van der Waals surface area contributed by atoms with Crippen LogP contribution in [0.15, 0.2) is 0 Å². The fraction of sp³-hybridized carbons (Fsp3) is 1.00. The Hall–Kier alpha value is -0.240. The van der Waals surface area contributed by atoms with E-state index in [0.717, 1.165) is 12.1 Å². The molecule has 2 saturated carbocycles. The highest BCUT2D eigenvalue weighted by atomic mass is 15.7. The van der Waals surface area contributed by atoms with Crippen molar-refractivity contribution in [3.63, 3.8) is 0 Å². The summed E-state index contributed by atoms with van der Waals surface area (Å²) in [4.78, 5) is 17.2. The summed E-state index contributed by atoms with van der Waals surface area (Å²) in [5.74, 6) is 0. The maximum atomic E-state index is 2.88. The van der Waals surface area contributed by atoms with Crippen LogP contribution in [0.1, 0.15) is 78.1 Å². The molecule has 0 N–H and O–H groups in total. The molecule has 0 amide bonds. The SMILES string of the molecule is CC1CN2CN(C3CCCCC3)CN3C(C)CN4CN(C5CCCCC5)CN1C4C23. The third kappa shape index (κ3) is 3.46. The first-order valence-electron chi connectivity index (χ1n) is 13.2. The lowest BCUT2D eigenvalue weighted by atomic mass is 9.92. The first kappa shape index (κ1) is 20.4. The highest BCUT2D eigenvalue weighted by molar-refractivity contribution is 5.04. The normalized spacial score (nSPS) is 41.8. The summed E-state index contributed by atoms with van der Waals surface area (Å²) in [6, 6.07) is 2.96. The Morgan fingerprint density at radius 3 is 1.27 bits per heavy atom. The number of hydrogen-bond acceptors (Lipinski definition) is 6. The monoisotopic (exact) mass is 416 g/mol. The highest BCUT2D eigenvalue weighted by Crippen LogP contribution is 2.39. The van der Waals surface area contributed by atoms with Crippen molar-refractivity contribution in [1.82, 2.24) is 29.4 Å². The van der Waals surface area contributed by atoms with Crippen molar-refractivity contribution in [3.05, 3.63) is 0 Å². The molecule has 0 aromatic carbocycles. The van der Waals surface area contributed by atoms with Gasteiger partial charge in [0.1, 0.15) is 0 Å². The van der Waals surface area contributed by atoms with Crippen LogP contribution >= 0.6 is 0 Å². The Kier molecular flexibility index (Phi) is 5.62. The largest absolute Gasteiger partial charge is 0.274 e. The quantitative estimate of drug-likeness (QED) is 0.685. The molecule has 4 unspecified atom stereocenters. The van der Waals surface area contributed by atoms with E-state index >= 15 is 0 Å². The lowest BCUT2D eigenvalue weighted by Gasteiger charge is -2.68. The van der Waals surface area contributed by atoms with Crippen LogP contribution in [0.4, 0.5) is 0 Å². The van der Waals surface area contributed by atoms with Crippen molar-refractivity contribution in [3.8, 4) is 0 Å². The Morgan fingerprint density at radius 1 is 0.467 bits per heavy atom. The van der Waals surface area contributed by atoms with Crippen LogP contribution in [0.2, 0.25) is 0 Å². The van der Waals surface area contributed by atoms with Crippen LogP contribution < -0.4 is 0 Å². The van der Waals surface area contributed by atoms with Gasteiger partial charge in [0.2, 0.25) is 0 Å². The molecule has 4 saturated heterocycles. The van der Waals surface area contributed by atoms with Gasteiger partial charge >= 0.3 is 0 Å². The summed E-state index contributed by atoms with van der Waals surface area (Å²) >= 11 is 0. The van der Waals surface area contributed by atoms with E-state index in [1.165, 1.54) is 104 Å². The van der Waals surface area contributed by atoms with E-state index in [9.17, 15) is 0 Å². The van der Waals surface area contributed by atoms with E-state index in [1.807, 2.05) is 0 Å². The van der Waals surface area contributed by atoms with E-state index in [4.69, 9.17) is 0 Å². The van der Waals surface area contributed by atoms with Crippen LogP contribution in [0.3, 0.4) is 0 Å². The van der Waals surface area contributed by atoms with E-state index < -0.39 is 0 Å². The Morgan fingerprint density at radius 2 is 0.867 bits per heavy atom. The van der Waals surface area contributed by atoms with Gasteiger partial charge in [0, 0.05) is 37.3 Å². The molecular weight excluding hydrogens is 372 g/mol. The van der Waals surface area contributed by atoms with Gasteiger partial charge < -0.3 is 0 Å². The molecule has 0 spiro atoms. The van der Waals surface area contributed by atoms with Crippen molar-refractivity contribution in [2.24, 2.45) is 0 Å². The molecule has 6 fully saturated rings. The van der Waals surface area contributed by atoms with Crippen LogP contribution in [-0.2, 0) is 0 Å². The minimum Gasteiger partial charge on any atom is -0.274 e. The van der Waals surface area contributed by atoms with Gasteiger partial charge in [-0.05, 0) is 39.5 Å². The van der Waals surface area contributed by atoms with E-state index in [-0.39, 0.29) is 0 Å². The number of nitrogens with zero attached hydrogens (tertiary/aromatic N) is 6. The van der Waals surface area contributed by atoms with Crippen LogP contribution in [-0.4, -0.2) is 106 Å². The molecular formula is C24H44N6. The first-order valence-corrected chi connectivity index (χ1v) is 13.2. The van der Waals surface area contributed by atoms with E-state index in [1.54, 1.807) is 0 Å². The van der Waals surface area contributed by atoms with Gasteiger partial charge in [-0.1, -0.05) is 38.5 Å². The molecule has 0 aromatic heterocycles. The second kappa shape index (κ2) is 8.27. The van der Waals surface area contributed by atoms with Gasteiger partial charge in [-0.25, -0.2) is 0 Å². The average Bonchev–Trinajstić information content (AvgIpc) is 2.79. The molecule has 30 heavy (non-hydrogen) atoms. The summed E-state index contributed by atoms with van der Waals surface area (Å²) in [6.07, 6.45) is 15.6. The predicted molar refractivity (Wildman–Crippen MR) is 120 cm³/mol. The van der Waals surface area contributed by atoms with Crippen LogP contribution in [0, 0.1) is 0 Å². The van der Waals surface area contributed by atoms with Gasteiger partial charge in [0.05, 0.1) is 39.0 Å². The number of piperazine rings is 2. The summed E-state index contributed by atoms with van der Waals surface area (Å²) in [5, 5.41) is 0. The number of rotatable bonds is 2. The molecule has 0 radical (unpaired) electrons. The third-order valence-electron chi connectivity index (χ3n) is 9.42. The fourth-order valence-electron chi connectivity index (χ4n) is 7.82. The Bertz CT molecular complexity index is 551. The van der Waals surface area contributed by atoms with Crippen molar-refractivity contribution < 1.29 is 0 Å². The smallest absolute Gasteiger partial charge is 0.0946 e. The number of hydrogen-bond donors (Lipinski definition) is 0. The maximum absolute atomic E-state index is 2.88. The summed E-state index contributed by atoms with van der Waals surface area (Å²) in [6.45, 7) is 12.3. The molecule has 6 rings (SSSR count). The molecule has 0 bridgehead atoms. The molecule has 6 nitrogen and oxygen atoms in total. The average molecular weight is 417 g/mol. The van der Waals surface area contributed by atoms with Crippen LogP contribution in [0.5, 0.6) is 0 Å². The minimum atomic E-state index is 0.596. The molecule has 170 valence electrons. The minimum absolute atomic E-state index is 0.596. The lowest BCUT2D eigenvalue weighted by molar-refractivity contribution is -0.266. The molecule has 2 aliphatic carbocycles. The molecule has 6 heteroatoms. The zero-order valence-corrected chi connectivity index (χ0v) is 19.5. The molecule has 0 aromatic rings. The van der Waals surface area contributed by atoms with Gasteiger partial charge in [0.25, 0.3) is 0 Å². The zero-order valence-electron chi connectivity index (χ0n) is 19.5. The van der Waals surface area contributed by atoms with Crippen LogP contribution in [0.25, 0.3) is 0 Å². The van der Waals surface area contributed by atoms with E-state index in [0.29, 0.717) is 24.4 Å². The molecule has 4 atom stereocenters. The van der Waals surface area contributed by atoms with Crippen molar-refractivity contribution in [1.29, 1.82) is 0 Å². The topological polar surface area (TPSA) is 19.4 Å². The van der Waals surface area contributed by atoms with Gasteiger partial charge in [-0.2, -0.15) is 0 Å². The second-order valence-electron chi connectivity index (χ2n) is 11.4. The summed E-state index contributed by atoms with van der Waals surface area (Å²) in [5.41, 5.74) is 0. The molecule has 4 aliphatic heterocycles. The van der Waals surface area contributed by atoms with Gasteiger partial charge in [-0.15, -0.1) is 0 Å². The zero-order chi connectivity index (χ0) is 20.2. The summed E-state index contributed by atoms with van der Waals surface area (Å²) in [7, 11) is 0. The van der Waals surface area contributed by atoms with Crippen molar-refractivity contribution in [2.45, 2.75) is 115 Å². The standard InChI is InChI=1S/C24H44N6/c1-19-13-25-15-28(22-11-7-4-8-12-22)18-30-20(2)14-26-16-27(21-9-5-3-6-10-21)17-29(19)23(26)24(25)30/h19-24H,3-18H2,1-2H3. The van der Waals surface area contributed by atoms with E-state index in [2.05, 4.69) is 43.2 Å². The second-order valence-corrected chi connectivity index (χ2v) is 11.4. The molecule has 6 aliphatic rings.